The lowest BCUT2D eigenvalue weighted by atomic mass is 9.69. The topological polar surface area (TPSA) is 81.5 Å². The highest BCUT2D eigenvalue weighted by molar-refractivity contribution is 6.31. The number of ether oxygens (including phenoxy) is 1. The highest BCUT2D eigenvalue weighted by atomic mass is 35.5. The highest BCUT2D eigenvalue weighted by Gasteiger charge is 2.50. The maximum Gasteiger partial charge on any atom is 0.269 e. The van der Waals surface area contributed by atoms with Gasteiger partial charge in [0.05, 0.1) is 12.0 Å². The third-order valence-electron chi connectivity index (χ3n) is 7.04. The van der Waals surface area contributed by atoms with Gasteiger partial charge in [-0.05, 0) is 65.8 Å². The Morgan fingerprint density at radius 3 is 2.24 bits per heavy atom. The van der Waals surface area contributed by atoms with Gasteiger partial charge in [-0.25, -0.2) is 0 Å². The van der Waals surface area contributed by atoms with E-state index in [-0.39, 0.29) is 11.6 Å². The number of methoxy groups -OCH3 is 1. The molecule has 6 nitrogen and oxygen atoms in total. The molecule has 5 rings (SSSR count). The molecule has 0 bridgehead atoms. The van der Waals surface area contributed by atoms with Crippen LogP contribution in [-0.4, -0.2) is 17.9 Å². The molecule has 37 heavy (non-hydrogen) atoms. The van der Waals surface area contributed by atoms with Gasteiger partial charge in [0.2, 0.25) is 5.91 Å². The first-order chi connectivity index (χ1) is 17.7. The fourth-order valence-electron chi connectivity index (χ4n) is 5.39. The summed E-state index contributed by atoms with van der Waals surface area (Å²) >= 11 is 6.38. The molecule has 186 valence electrons. The number of nitro groups is 1. The predicted molar refractivity (Wildman–Crippen MR) is 145 cm³/mol. The molecule has 1 amide bonds. The molecule has 0 aliphatic carbocycles. The lowest BCUT2D eigenvalue weighted by Crippen LogP contribution is -2.37. The molecule has 4 aromatic carbocycles. The van der Waals surface area contributed by atoms with Crippen LogP contribution in [0.25, 0.3) is 0 Å². The number of fused-ring (bicyclic) bond motifs is 1. The molecule has 0 radical (unpaired) electrons. The number of nitro benzene ring substituents is 1. The molecule has 4 aromatic rings. The lowest BCUT2D eigenvalue weighted by Gasteiger charge is -2.30. The summed E-state index contributed by atoms with van der Waals surface area (Å²) in [6.45, 7) is 3.89. The first-order valence-corrected chi connectivity index (χ1v) is 12.2. The minimum absolute atomic E-state index is 0.0327. The first kappa shape index (κ1) is 24.5. The number of carbonyl (C=O) groups is 1. The Balaban J connectivity index is 1.71. The molecule has 0 fully saturated rings. The van der Waals surface area contributed by atoms with Crippen LogP contribution >= 0.6 is 11.6 Å². The Labute approximate surface area is 220 Å². The molecular formula is C30H25ClN2O4. The van der Waals surface area contributed by atoms with Crippen molar-refractivity contribution in [1.29, 1.82) is 0 Å². The summed E-state index contributed by atoms with van der Waals surface area (Å²) in [7, 11) is 1.62. The molecule has 1 unspecified atom stereocenters. The monoisotopic (exact) mass is 512 g/mol. The van der Waals surface area contributed by atoms with Gasteiger partial charge in [-0.2, -0.15) is 0 Å². The number of hydrogen-bond acceptors (Lipinski definition) is 4. The van der Waals surface area contributed by atoms with E-state index < -0.39 is 10.3 Å². The number of hydrogen-bond donors (Lipinski definition) is 1. The van der Waals surface area contributed by atoms with Crippen LogP contribution in [-0.2, 0) is 16.6 Å². The second-order valence-corrected chi connectivity index (χ2v) is 9.71. The summed E-state index contributed by atoms with van der Waals surface area (Å²) in [4.78, 5) is 24.9. The highest BCUT2D eigenvalue weighted by Crippen LogP contribution is 2.49. The number of anilines is 1. The number of nitrogens with zero attached hydrogens (tertiary/aromatic N) is 1. The van der Waals surface area contributed by atoms with E-state index in [4.69, 9.17) is 16.3 Å². The van der Waals surface area contributed by atoms with E-state index in [2.05, 4.69) is 5.32 Å². The van der Waals surface area contributed by atoms with Crippen LogP contribution in [0.5, 0.6) is 5.75 Å². The fraction of sp³-hybridized carbons (Fsp3) is 0.167. The third-order valence-corrected chi connectivity index (χ3v) is 7.41. The minimum atomic E-state index is -1.19. The zero-order valence-corrected chi connectivity index (χ0v) is 21.4. The number of nitrogens with one attached hydrogen (secondary N) is 1. The molecule has 0 saturated heterocycles. The minimum Gasteiger partial charge on any atom is -0.496 e. The third kappa shape index (κ3) is 4.03. The van der Waals surface area contributed by atoms with Crippen LogP contribution in [0.1, 0.15) is 38.9 Å². The summed E-state index contributed by atoms with van der Waals surface area (Å²) in [6, 6.07) is 23.8. The van der Waals surface area contributed by atoms with Gasteiger partial charge in [0.15, 0.2) is 0 Å². The van der Waals surface area contributed by atoms with Gasteiger partial charge in [-0.15, -0.1) is 0 Å². The van der Waals surface area contributed by atoms with Crippen molar-refractivity contribution in [2.75, 3.05) is 12.4 Å². The van der Waals surface area contributed by atoms with Crippen LogP contribution in [0, 0.1) is 24.0 Å². The van der Waals surface area contributed by atoms with Crippen LogP contribution in [0.2, 0.25) is 5.02 Å². The van der Waals surface area contributed by atoms with Gasteiger partial charge in [-0.3, -0.25) is 14.9 Å². The van der Waals surface area contributed by atoms with Gasteiger partial charge in [0, 0.05) is 28.4 Å². The molecule has 1 aliphatic heterocycles. The van der Waals surface area contributed by atoms with Crippen molar-refractivity contribution in [3.8, 4) is 5.75 Å². The smallest absolute Gasteiger partial charge is 0.269 e. The molecule has 7 heteroatoms. The number of aryl methyl sites for hydroxylation is 2. The number of benzene rings is 4. The van der Waals surface area contributed by atoms with E-state index in [0.717, 1.165) is 39.1 Å². The molecule has 1 atom stereocenters. The van der Waals surface area contributed by atoms with Gasteiger partial charge >= 0.3 is 0 Å². The van der Waals surface area contributed by atoms with Gasteiger partial charge in [0.25, 0.3) is 5.69 Å². The average molecular weight is 513 g/mol. The van der Waals surface area contributed by atoms with E-state index in [1.807, 2.05) is 68.4 Å². The van der Waals surface area contributed by atoms with Crippen molar-refractivity contribution in [2.24, 2.45) is 0 Å². The molecule has 1 aliphatic rings. The number of amides is 1. The van der Waals surface area contributed by atoms with Crippen LogP contribution < -0.4 is 10.1 Å². The van der Waals surface area contributed by atoms with Gasteiger partial charge < -0.3 is 10.1 Å². The Hall–Kier alpha value is -4.16. The van der Waals surface area contributed by atoms with Crippen LogP contribution in [0.3, 0.4) is 0 Å². The molecule has 0 aromatic heterocycles. The van der Waals surface area contributed by atoms with Crippen molar-refractivity contribution < 1.29 is 14.5 Å². The van der Waals surface area contributed by atoms with Crippen molar-refractivity contribution >= 4 is 28.9 Å². The molecule has 0 saturated carbocycles. The Morgan fingerprint density at radius 2 is 1.62 bits per heavy atom. The molecule has 1 heterocycles. The summed E-state index contributed by atoms with van der Waals surface area (Å²) < 4.78 is 5.57. The van der Waals surface area contributed by atoms with Crippen molar-refractivity contribution in [2.45, 2.75) is 25.7 Å². The number of halogens is 1. The van der Waals surface area contributed by atoms with Crippen molar-refractivity contribution in [1.82, 2.24) is 0 Å². The van der Waals surface area contributed by atoms with Gasteiger partial charge in [0.1, 0.15) is 11.2 Å². The standard InChI is InChI=1S/C30H25ClN2O4/c1-18-14-23(15-19(2)28(18)37-3)30(22-9-11-24(12-10-22)33(35)36)25-13-8-20(17-27(25)32-29(30)34)16-21-6-4-5-7-26(21)31/h4-15,17H,16H2,1-3H3,(H,32,34). The Kier molecular flexibility index (Phi) is 6.21. The van der Waals surface area contributed by atoms with E-state index in [1.54, 1.807) is 19.2 Å². The summed E-state index contributed by atoms with van der Waals surface area (Å²) in [5.41, 5.74) is 5.50. The molecule has 1 N–H and O–H groups in total. The second-order valence-electron chi connectivity index (χ2n) is 9.30. The quantitative estimate of drug-likeness (QED) is 0.229. The van der Waals surface area contributed by atoms with Crippen molar-refractivity contribution in [3.05, 3.63) is 133 Å². The van der Waals surface area contributed by atoms with E-state index in [0.29, 0.717) is 22.7 Å². The van der Waals surface area contributed by atoms with E-state index in [9.17, 15) is 14.9 Å². The fourth-order valence-corrected chi connectivity index (χ4v) is 5.60. The SMILES string of the molecule is COc1c(C)cc(C2(c3ccc([N+](=O)[O-])cc3)C(=O)Nc3cc(Cc4ccccc4Cl)ccc32)cc1C. The summed E-state index contributed by atoms with van der Waals surface area (Å²) in [5, 5.41) is 15.1. The number of rotatable bonds is 6. The zero-order valence-electron chi connectivity index (χ0n) is 20.7. The number of carbonyl (C=O) groups excluding carboxylic acids is 1. The Morgan fingerprint density at radius 1 is 0.946 bits per heavy atom. The maximum absolute atomic E-state index is 14.0. The average Bonchev–Trinajstić information content (AvgIpc) is 3.17. The summed E-state index contributed by atoms with van der Waals surface area (Å²) in [5.74, 6) is 0.548. The normalized spacial score (nSPS) is 16.3. The first-order valence-electron chi connectivity index (χ1n) is 11.8. The Bertz CT molecular complexity index is 1520. The molecular weight excluding hydrogens is 488 g/mol. The summed E-state index contributed by atoms with van der Waals surface area (Å²) in [6.07, 6.45) is 0.619. The second kappa shape index (κ2) is 9.37. The van der Waals surface area contributed by atoms with E-state index >= 15 is 0 Å². The number of non-ortho nitro benzene ring substituents is 1. The van der Waals surface area contributed by atoms with Gasteiger partial charge in [-0.1, -0.05) is 66.2 Å². The van der Waals surface area contributed by atoms with Crippen molar-refractivity contribution in [3.63, 3.8) is 0 Å². The molecule has 0 spiro atoms. The lowest BCUT2D eigenvalue weighted by molar-refractivity contribution is -0.384. The largest absolute Gasteiger partial charge is 0.496 e. The van der Waals surface area contributed by atoms with E-state index in [1.165, 1.54) is 12.1 Å². The van der Waals surface area contributed by atoms with Crippen LogP contribution in [0.15, 0.2) is 78.9 Å². The maximum atomic E-state index is 14.0. The van der Waals surface area contributed by atoms with Crippen LogP contribution in [0.4, 0.5) is 11.4 Å². The predicted octanol–water partition coefficient (Wildman–Crippen LogP) is 6.75. The zero-order chi connectivity index (χ0) is 26.3.